The summed E-state index contributed by atoms with van der Waals surface area (Å²) in [7, 11) is 1.47. The maximum Gasteiger partial charge on any atom is 0.322 e. The lowest BCUT2D eigenvalue weighted by Crippen LogP contribution is -2.42. The number of nitrogens with zero attached hydrogens (tertiary/aromatic N) is 2. The van der Waals surface area contributed by atoms with Crippen LogP contribution in [0.2, 0.25) is 0 Å². The standard InChI is InChI=1S/C22H23N3O2S/c1-27-20(26)19-22(24-21(28-19)25-13-7-2-8-14-25)15-9-3-5-11-17(15)23-18-12-6-4-10-16(18)22/h3-6,9-12,19,23H,2,7-8,13-14H2,1H3. The Morgan fingerprint density at radius 1 is 1.07 bits per heavy atom. The highest BCUT2D eigenvalue weighted by molar-refractivity contribution is 8.15. The van der Waals surface area contributed by atoms with Gasteiger partial charge in [-0.25, -0.2) is 4.99 Å². The fourth-order valence-corrected chi connectivity index (χ4v) is 5.93. The van der Waals surface area contributed by atoms with Gasteiger partial charge in [0.15, 0.2) is 5.17 Å². The van der Waals surface area contributed by atoms with Gasteiger partial charge in [-0.15, -0.1) is 0 Å². The van der Waals surface area contributed by atoms with Gasteiger partial charge >= 0.3 is 5.97 Å². The number of esters is 1. The van der Waals surface area contributed by atoms with Crippen molar-refractivity contribution in [3.8, 4) is 0 Å². The second-order valence-electron chi connectivity index (χ2n) is 7.45. The molecule has 0 bridgehead atoms. The van der Waals surface area contributed by atoms with Crippen LogP contribution in [0.15, 0.2) is 53.5 Å². The Balaban J connectivity index is 1.74. The van der Waals surface area contributed by atoms with Gasteiger partial charge in [0, 0.05) is 35.6 Å². The summed E-state index contributed by atoms with van der Waals surface area (Å²) in [6.45, 7) is 1.99. The number of aliphatic imine (C=N–C) groups is 1. The van der Waals surface area contributed by atoms with Crippen LogP contribution in [-0.4, -0.2) is 41.5 Å². The molecule has 3 aliphatic heterocycles. The molecule has 1 spiro atoms. The lowest BCUT2D eigenvalue weighted by atomic mass is 9.76. The molecule has 6 heteroatoms. The number of rotatable bonds is 1. The number of piperidine rings is 1. The Hall–Kier alpha value is -2.47. The molecule has 2 aromatic carbocycles. The lowest BCUT2D eigenvalue weighted by molar-refractivity contribution is -0.140. The van der Waals surface area contributed by atoms with Crippen molar-refractivity contribution in [3.63, 3.8) is 0 Å². The molecule has 0 aromatic heterocycles. The summed E-state index contributed by atoms with van der Waals surface area (Å²) in [4.78, 5) is 20.6. The molecule has 1 saturated heterocycles. The second kappa shape index (κ2) is 6.85. The van der Waals surface area contributed by atoms with Crippen LogP contribution in [0.5, 0.6) is 0 Å². The quantitative estimate of drug-likeness (QED) is 0.739. The fourth-order valence-electron chi connectivity index (χ4n) is 4.52. The minimum absolute atomic E-state index is 0.229. The number of nitrogens with one attached hydrogen (secondary N) is 1. The van der Waals surface area contributed by atoms with Gasteiger partial charge in [0.2, 0.25) is 0 Å². The summed E-state index contributed by atoms with van der Waals surface area (Å²) < 4.78 is 5.26. The zero-order valence-electron chi connectivity index (χ0n) is 15.9. The number of benzene rings is 2. The monoisotopic (exact) mass is 393 g/mol. The number of carbonyl (C=O) groups excluding carboxylic acids is 1. The number of fused-ring (bicyclic) bond motifs is 4. The number of para-hydroxylation sites is 2. The third-order valence-corrected chi connectivity index (χ3v) is 7.19. The van der Waals surface area contributed by atoms with E-state index < -0.39 is 10.8 Å². The second-order valence-corrected chi connectivity index (χ2v) is 8.52. The zero-order valence-corrected chi connectivity index (χ0v) is 16.7. The van der Waals surface area contributed by atoms with Crippen LogP contribution in [-0.2, 0) is 15.1 Å². The van der Waals surface area contributed by atoms with Gasteiger partial charge in [-0.1, -0.05) is 48.2 Å². The van der Waals surface area contributed by atoms with E-state index in [1.165, 1.54) is 26.4 Å². The predicted molar refractivity (Wildman–Crippen MR) is 113 cm³/mol. The molecule has 0 saturated carbocycles. The first-order valence-electron chi connectivity index (χ1n) is 9.79. The molecule has 5 nitrogen and oxygen atoms in total. The molecule has 0 aliphatic carbocycles. The summed E-state index contributed by atoms with van der Waals surface area (Å²) in [5.74, 6) is -0.229. The summed E-state index contributed by atoms with van der Waals surface area (Å²) in [5, 5.41) is 4.03. The smallest absolute Gasteiger partial charge is 0.322 e. The van der Waals surface area contributed by atoms with Gasteiger partial charge in [-0.3, -0.25) is 4.79 Å². The highest BCUT2D eigenvalue weighted by atomic mass is 32.2. The number of thioether (sulfide) groups is 1. The van der Waals surface area contributed by atoms with Crippen molar-refractivity contribution in [3.05, 3.63) is 59.7 Å². The highest BCUT2D eigenvalue weighted by Gasteiger charge is 2.56. The SMILES string of the molecule is COC(=O)C1SC(N2CCCCC2)=NC12c1ccccc1Nc1ccccc12. The van der Waals surface area contributed by atoms with E-state index in [2.05, 4.69) is 34.5 Å². The molecule has 1 fully saturated rings. The largest absolute Gasteiger partial charge is 0.468 e. The molecule has 1 atom stereocenters. The number of hydrogen-bond acceptors (Lipinski definition) is 6. The van der Waals surface area contributed by atoms with E-state index in [4.69, 9.17) is 9.73 Å². The molecular formula is C22H23N3O2S. The van der Waals surface area contributed by atoms with Gasteiger partial charge in [0.1, 0.15) is 10.8 Å². The van der Waals surface area contributed by atoms with Gasteiger partial charge in [-0.2, -0.15) is 0 Å². The average molecular weight is 394 g/mol. The fraction of sp³-hybridized carbons (Fsp3) is 0.364. The first-order chi connectivity index (χ1) is 13.7. The first-order valence-corrected chi connectivity index (χ1v) is 10.7. The van der Waals surface area contributed by atoms with E-state index in [-0.39, 0.29) is 5.97 Å². The summed E-state index contributed by atoms with van der Waals surface area (Å²) >= 11 is 1.56. The number of ether oxygens (including phenoxy) is 1. The number of hydrogen-bond donors (Lipinski definition) is 1. The van der Waals surface area contributed by atoms with Crippen molar-refractivity contribution in [2.24, 2.45) is 4.99 Å². The molecule has 0 amide bonds. The Labute approximate surface area is 169 Å². The first kappa shape index (κ1) is 17.6. The molecule has 3 aliphatic rings. The van der Waals surface area contributed by atoms with Crippen LogP contribution in [0.1, 0.15) is 30.4 Å². The van der Waals surface area contributed by atoms with E-state index in [9.17, 15) is 4.79 Å². The molecule has 144 valence electrons. The van der Waals surface area contributed by atoms with Crippen LogP contribution >= 0.6 is 11.8 Å². The third kappa shape index (κ3) is 2.54. The van der Waals surface area contributed by atoms with E-state index in [0.29, 0.717) is 0 Å². The molecule has 1 unspecified atom stereocenters. The maximum atomic E-state index is 13.0. The van der Waals surface area contributed by atoms with Gasteiger partial charge < -0.3 is 15.0 Å². The molecule has 1 N–H and O–H groups in total. The topological polar surface area (TPSA) is 53.9 Å². The molecule has 5 rings (SSSR count). The molecular weight excluding hydrogens is 370 g/mol. The highest BCUT2D eigenvalue weighted by Crippen LogP contribution is 2.55. The Morgan fingerprint density at radius 3 is 2.29 bits per heavy atom. The zero-order chi connectivity index (χ0) is 19.1. The summed E-state index contributed by atoms with van der Waals surface area (Å²) in [6, 6.07) is 16.3. The number of anilines is 2. The minimum Gasteiger partial charge on any atom is -0.468 e. The molecule has 0 radical (unpaired) electrons. The molecule has 2 aromatic rings. The normalized spacial score (nSPS) is 22.1. The van der Waals surface area contributed by atoms with Crippen LogP contribution < -0.4 is 5.32 Å². The molecule has 3 heterocycles. The number of methoxy groups -OCH3 is 1. The van der Waals surface area contributed by atoms with Gasteiger partial charge in [0.25, 0.3) is 0 Å². The van der Waals surface area contributed by atoms with Crippen molar-refractivity contribution >= 4 is 34.3 Å². The summed E-state index contributed by atoms with van der Waals surface area (Å²) in [6.07, 6.45) is 3.60. The van der Waals surface area contributed by atoms with Crippen molar-refractivity contribution < 1.29 is 9.53 Å². The van der Waals surface area contributed by atoms with E-state index in [1.807, 2.05) is 24.3 Å². The van der Waals surface area contributed by atoms with Crippen LogP contribution in [0.4, 0.5) is 11.4 Å². The Bertz CT molecular complexity index is 907. The van der Waals surface area contributed by atoms with Crippen molar-refractivity contribution in [1.82, 2.24) is 4.90 Å². The van der Waals surface area contributed by atoms with Crippen molar-refractivity contribution in [2.75, 3.05) is 25.5 Å². The van der Waals surface area contributed by atoms with Gasteiger partial charge in [-0.05, 0) is 31.4 Å². The maximum absolute atomic E-state index is 13.0. The van der Waals surface area contributed by atoms with Crippen LogP contribution in [0, 0.1) is 0 Å². The van der Waals surface area contributed by atoms with E-state index in [1.54, 1.807) is 11.8 Å². The lowest BCUT2D eigenvalue weighted by Gasteiger charge is -2.38. The van der Waals surface area contributed by atoms with Crippen molar-refractivity contribution in [2.45, 2.75) is 30.1 Å². The van der Waals surface area contributed by atoms with Gasteiger partial charge in [0.05, 0.1) is 7.11 Å². The predicted octanol–water partition coefficient (Wildman–Crippen LogP) is 4.12. The van der Waals surface area contributed by atoms with E-state index in [0.717, 1.165) is 40.8 Å². The van der Waals surface area contributed by atoms with Crippen LogP contribution in [0.3, 0.4) is 0 Å². The Morgan fingerprint density at radius 2 is 1.68 bits per heavy atom. The molecule has 28 heavy (non-hydrogen) atoms. The number of likely N-dealkylation sites (tertiary alicyclic amines) is 1. The minimum atomic E-state index is -0.775. The van der Waals surface area contributed by atoms with E-state index >= 15 is 0 Å². The average Bonchev–Trinajstić information content (AvgIpc) is 3.15. The van der Waals surface area contributed by atoms with Crippen LogP contribution in [0.25, 0.3) is 0 Å². The van der Waals surface area contributed by atoms with Crippen molar-refractivity contribution in [1.29, 1.82) is 0 Å². The third-order valence-electron chi connectivity index (χ3n) is 5.86. The Kier molecular flexibility index (Phi) is 4.31. The summed E-state index contributed by atoms with van der Waals surface area (Å²) in [5.41, 5.74) is 3.29. The number of carbonyl (C=O) groups is 1. The number of amidine groups is 1.